The van der Waals surface area contributed by atoms with Crippen LogP contribution in [0.3, 0.4) is 0 Å². The largest absolute Gasteiger partial charge is 0.354 e. The third kappa shape index (κ3) is 2.41. The molecular weight excluding hydrogens is 258 g/mol. The fourth-order valence-corrected chi connectivity index (χ4v) is 1.59. The lowest BCUT2D eigenvalue weighted by Crippen LogP contribution is -1.96. The van der Waals surface area contributed by atoms with Crippen LogP contribution in [0.4, 0.5) is 20.2 Å². The summed E-state index contributed by atoms with van der Waals surface area (Å²) in [6, 6.07) is 10.0. The number of rotatable bonds is 2. The maximum Gasteiger partial charge on any atom is 0.143 e. The van der Waals surface area contributed by atoms with Gasteiger partial charge in [-0.1, -0.05) is 17.7 Å². The number of nitrogens with one attached hydrogen (secondary N) is 1. The molecule has 2 rings (SSSR count). The molecule has 18 heavy (non-hydrogen) atoms. The molecule has 0 aliphatic carbocycles. The van der Waals surface area contributed by atoms with Gasteiger partial charge in [0.1, 0.15) is 23.3 Å². The van der Waals surface area contributed by atoms with E-state index in [0.29, 0.717) is 5.69 Å². The Hall–Kier alpha value is -2.12. The highest BCUT2D eigenvalue weighted by Gasteiger charge is 2.08. The van der Waals surface area contributed by atoms with Crippen LogP contribution in [0.25, 0.3) is 0 Å². The van der Waals surface area contributed by atoms with Crippen molar-refractivity contribution < 1.29 is 8.78 Å². The number of nitriles is 1. The van der Waals surface area contributed by atoms with E-state index in [1.807, 2.05) is 0 Å². The van der Waals surface area contributed by atoms with Gasteiger partial charge in [-0.2, -0.15) is 5.26 Å². The molecule has 90 valence electrons. The third-order valence-corrected chi connectivity index (χ3v) is 2.63. The lowest BCUT2D eigenvalue weighted by atomic mass is 10.1. The van der Waals surface area contributed by atoms with Gasteiger partial charge in [0.15, 0.2) is 0 Å². The molecule has 0 amide bonds. The van der Waals surface area contributed by atoms with Crippen molar-refractivity contribution in [2.24, 2.45) is 0 Å². The Labute approximate surface area is 107 Å². The van der Waals surface area contributed by atoms with Gasteiger partial charge in [0, 0.05) is 5.69 Å². The molecule has 0 saturated heterocycles. The van der Waals surface area contributed by atoms with E-state index < -0.39 is 11.6 Å². The monoisotopic (exact) mass is 264 g/mol. The molecule has 0 radical (unpaired) electrons. The van der Waals surface area contributed by atoms with Crippen LogP contribution in [0.1, 0.15) is 5.56 Å². The van der Waals surface area contributed by atoms with Crippen molar-refractivity contribution in [3.8, 4) is 6.07 Å². The first-order valence-corrected chi connectivity index (χ1v) is 5.40. The van der Waals surface area contributed by atoms with E-state index in [4.69, 9.17) is 16.9 Å². The van der Waals surface area contributed by atoms with Crippen LogP contribution >= 0.6 is 11.6 Å². The van der Waals surface area contributed by atoms with E-state index in [1.54, 1.807) is 6.07 Å². The molecule has 2 aromatic carbocycles. The van der Waals surface area contributed by atoms with Gasteiger partial charge in [0.25, 0.3) is 0 Å². The molecule has 2 aromatic rings. The van der Waals surface area contributed by atoms with Crippen molar-refractivity contribution in [3.63, 3.8) is 0 Å². The molecule has 0 aliphatic rings. The minimum Gasteiger partial charge on any atom is -0.354 e. The molecule has 0 unspecified atom stereocenters. The Morgan fingerprint density at radius 3 is 2.56 bits per heavy atom. The number of benzene rings is 2. The number of anilines is 2. The third-order valence-electron chi connectivity index (χ3n) is 2.32. The molecule has 5 heteroatoms. The van der Waals surface area contributed by atoms with E-state index >= 15 is 0 Å². The van der Waals surface area contributed by atoms with Gasteiger partial charge in [-0.25, -0.2) is 8.78 Å². The summed E-state index contributed by atoms with van der Waals surface area (Å²) < 4.78 is 26.6. The van der Waals surface area contributed by atoms with Gasteiger partial charge in [0.05, 0.1) is 10.7 Å². The zero-order valence-electron chi connectivity index (χ0n) is 9.05. The van der Waals surface area contributed by atoms with Gasteiger partial charge in [-0.15, -0.1) is 0 Å². The maximum atomic E-state index is 13.3. The number of nitrogens with zero attached hydrogens (tertiary/aromatic N) is 1. The molecule has 0 aliphatic heterocycles. The van der Waals surface area contributed by atoms with Crippen LogP contribution in [-0.4, -0.2) is 0 Å². The Morgan fingerprint density at radius 2 is 1.89 bits per heavy atom. The first kappa shape index (κ1) is 12.3. The Balaban J connectivity index is 2.37. The second-order valence-electron chi connectivity index (χ2n) is 3.53. The van der Waals surface area contributed by atoms with E-state index in [9.17, 15) is 8.78 Å². The Morgan fingerprint density at radius 1 is 1.11 bits per heavy atom. The average Bonchev–Trinajstić information content (AvgIpc) is 2.34. The van der Waals surface area contributed by atoms with Gasteiger partial charge < -0.3 is 5.32 Å². The summed E-state index contributed by atoms with van der Waals surface area (Å²) in [5.41, 5.74) is 0.547. The Kier molecular flexibility index (Phi) is 3.45. The van der Waals surface area contributed by atoms with Crippen molar-refractivity contribution >= 4 is 23.0 Å². The summed E-state index contributed by atoms with van der Waals surface area (Å²) in [5, 5.41) is 11.6. The summed E-state index contributed by atoms with van der Waals surface area (Å²) in [7, 11) is 0. The molecule has 0 spiro atoms. The Bertz CT molecular complexity index is 635. The minimum atomic E-state index is -0.628. The maximum absolute atomic E-state index is 13.3. The molecule has 0 saturated carbocycles. The fraction of sp³-hybridized carbons (Fsp3) is 0. The summed E-state index contributed by atoms with van der Waals surface area (Å²) in [6.45, 7) is 0. The van der Waals surface area contributed by atoms with E-state index in [-0.39, 0.29) is 16.3 Å². The fourth-order valence-electron chi connectivity index (χ4n) is 1.47. The van der Waals surface area contributed by atoms with Crippen LogP contribution in [-0.2, 0) is 0 Å². The summed E-state index contributed by atoms with van der Waals surface area (Å²) in [4.78, 5) is 0. The zero-order chi connectivity index (χ0) is 13.1. The quantitative estimate of drug-likeness (QED) is 0.881. The highest BCUT2D eigenvalue weighted by molar-refractivity contribution is 6.30. The average molecular weight is 265 g/mol. The van der Waals surface area contributed by atoms with Crippen LogP contribution in [0.2, 0.25) is 5.02 Å². The highest BCUT2D eigenvalue weighted by Crippen LogP contribution is 2.25. The lowest BCUT2D eigenvalue weighted by Gasteiger charge is -2.09. The lowest BCUT2D eigenvalue weighted by molar-refractivity contribution is 0.624. The van der Waals surface area contributed by atoms with Gasteiger partial charge in [-0.05, 0) is 30.3 Å². The normalized spacial score (nSPS) is 9.89. The molecule has 0 atom stereocenters. The molecule has 0 heterocycles. The second-order valence-corrected chi connectivity index (χ2v) is 3.94. The van der Waals surface area contributed by atoms with Gasteiger partial charge in [-0.3, -0.25) is 0 Å². The molecule has 2 nitrogen and oxygen atoms in total. The van der Waals surface area contributed by atoms with E-state index in [2.05, 4.69) is 5.32 Å². The zero-order valence-corrected chi connectivity index (χ0v) is 9.80. The van der Waals surface area contributed by atoms with Crippen molar-refractivity contribution in [3.05, 3.63) is 58.6 Å². The number of hydrogen-bond acceptors (Lipinski definition) is 2. The standard InChI is InChI=1S/C13H7ClF2N2/c14-10-5-4-8(6-12(10)16)18-13-3-1-2-11(15)9(13)7-17/h1-6,18H. The van der Waals surface area contributed by atoms with Crippen molar-refractivity contribution in [2.75, 3.05) is 5.32 Å². The van der Waals surface area contributed by atoms with Gasteiger partial charge >= 0.3 is 0 Å². The molecule has 0 bridgehead atoms. The predicted molar refractivity (Wildman–Crippen MR) is 65.8 cm³/mol. The van der Waals surface area contributed by atoms with Crippen LogP contribution in [0, 0.1) is 23.0 Å². The smallest absolute Gasteiger partial charge is 0.143 e. The molecule has 0 aromatic heterocycles. The SMILES string of the molecule is N#Cc1c(F)cccc1Nc1ccc(Cl)c(F)c1. The topological polar surface area (TPSA) is 35.8 Å². The van der Waals surface area contributed by atoms with E-state index in [0.717, 1.165) is 0 Å². The highest BCUT2D eigenvalue weighted by atomic mass is 35.5. The van der Waals surface area contributed by atoms with Crippen molar-refractivity contribution in [1.29, 1.82) is 5.26 Å². The van der Waals surface area contributed by atoms with Crippen LogP contribution in [0.15, 0.2) is 36.4 Å². The summed E-state index contributed by atoms with van der Waals surface area (Å²) in [5.74, 6) is -1.21. The van der Waals surface area contributed by atoms with Crippen LogP contribution < -0.4 is 5.32 Å². The first-order chi connectivity index (χ1) is 8.61. The summed E-state index contributed by atoms with van der Waals surface area (Å²) in [6.07, 6.45) is 0. The summed E-state index contributed by atoms with van der Waals surface area (Å²) >= 11 is 5.55. The first-order valence-electron chi connectivity index (χ1n) is 5.02. The number of halogens is 3. The molecule has 1 N–H and O–H groups in total. The molecular formula is C13H7ClF2N2. The van der Waals surface area contributed by atoms with Crippen molar-refractivity contribution in [1.82, 2.24) is 0 Å². The minimum absolute atomic E-state index is 0.000277. The number of hydrogen-bond donors (Lipinski definition) is 1. The second kappa shape index (κ2) is 5.03. The van der Waals surface area contributed by atoms with E-state index in [1.165, 1.54) is 36.4 Å². The molecule has 0 fully saturated rings. The predicted octanol–water partition coefficient (Wildman–Crippen LogP) is 4.23. The van der Waals surface area contributed by atoms with Crippen LogP contribution in [0.5, 0.6) is 0 Å². The van der Waals surface area contributed by atoms with Crippen molar-refractivity contribution in [2.45, 2.75) is 0 Å². The van der Waals surface area contributed by atoms with Gasteiger partial charge in [0.2, 0.25) is 0 Å².